The van der Waals surface area contributed by atoms with Crippen LogP contribution in [-0.4, -0.2) is 85.1 Å². The fourth-order valence-electron chi connectivity index (χ4n) is 6.80. The molecule has 9 nitrogen and oxygen atoms in total. The fourth-order valence-corrected chi connectivity index (χ4v) is 6.80. The molecule has 0 aromatic rings. The summed E-state index contributed by atoms with van der Waals surface area (Å²) in [6.07, 6.45) is 19.6. The molecule has 0 aliphatic carbocycles. The lowest BCUT2D eigenvalue weighted by Crippen LogP contribution is -2.33. The summed E-state index contributed by atoms with van der Waals surface area (Å²) in [5.74, 6) is -2.12. The van der Waals surface area contributed by atoms with E-state index in [9.17, 15) is 35.4 Å². The van der Waals surface area contributed by atoms with Gasteiger partial charge in [-0.15, -0.1) is 0 Å². The van der Waals surface area contributed by atoms with Gasteiger partial charge in [-0.1, -0.05) is 110 Å². The first-order valence-corrected chi connectivity index (χ1v) is 18.8. The summed E-state index contributed by atoms with van der Waals surface area (Å²) in [4.78, 5) is 11.7. The maximum atomic E-state index is 11.7. The molecule has 46 heavy (non-hydrogen) atoms. The Hall–Kier alpha value is -1.07. The molecule has 0 radical (unpaired) electrons. The third kappa shape index (κ3) is 17.4. The van der Waals surface area contributed by atoms with Gasteiger partial charge < -0.3 is 40.1 Å². The van der Waals surface area contributed by atoms with Crippen LogP contribution in [0.25, 0.3) is 0 Å². The zero-order valence-corrected chi connectivity index (χ0v) is 29.0. The van der Waals surface area contributed by atoms with Crippen LogP contribution in [0.3, 0.4) is 0 Å². The van der Waals surface area contributed by atoms with Crippen molar-refractivity contribution in [1.82, 2.24) is 0 Å². The molecule has 2 heterocycles. The molecular weight excluding hydrogens is 588 g/mol. The van der Waals surface area contributed by atoms with Gasteiger partial charge in [0, 0.05) is 18.9 Å². The van der Waals surface area contributed by atoms with Crippen molar-refractivity contribution in [3.8, 4) is 0 Å². The minimum absolute atomic E-state index is 0.211. The van der Waals surface area contributed by atoms with Crippen molar-refractivity contribution >= 4 is 5.97 Å². The number of hydrogen-bond acceptors (Lipinski definition) is 9. The average molecular weight is 657 g/mol. The standard InChI is InChI=1S/C37H68O9/c1-3-4-5-6-7-11-14-17-20-30(39)31(40)22-23-33(42)35-25-24-34(45-35)32(41)21-18-15-12-9-8-10-13-16-19-29(38)26-28-27-37(2,44)46-36(28)43/h27,29-35,38-42,44H,3-26H2,1-2H3/t29-,30-,31+,32+,33-,34-,35+,37+/m0/s1. The monoisotopic (exact) mass is 656 g/mol. The molecule has 0 spiro atoms. The van der Waals surface area contributed by atoms with E-state index in [0.717, 1.165) is 70.6 Å². The summed E-state index contributed by atoms with van der Waals surface area (Å²) in [6, 6.07) is 0. The number of esters is 1. The molecular formula is C37H68O9. The molecule has 0 aromatic carbocycles. The first-order chi connectivity index (χ1) is 22.0. The van der Waals surface area contributed by atoms with Gasteiger partial charge in [0.2, 0.25) is 5.79 Å². The second-order valence-electron chi connectivity index (χ2n) is 14.3. The van der Waals surface area contributed by atoms with Crippen molar-refractivity contribution in [1.29, 1.82) is 0 Å². The lowest BCUT2D eigenvalue weighted by atomic mass is 9.97. The number of carbonyl (C=O) groups excluding carboxylic acids is 1. The maximum absolute atomic E-state index is 11.7. The Bertz CT molecular complexity index is 832. The van der Waals surface area contributed by atoms with Gasteiger partial charge in [-0.25, -0.2) is 4.79 Å². The van der Waals surface area contributed by atoms with Crippen LogP contribution >= 0.6 is 0 Å². The fraction of sp³-hybridized carbons (Fsp3) is 0.919. The summed E-state index contributed by atoms with van der Waals surface area (Å²) in [5.41, 5.74) is 0.340. The molecule has 1 saturated heterocycles. The Balaban J connectivity index is 1.43. The van der Waals surface area contributed by atoms with E-state index in [0.29, 0.717) is 44.1 Å². The van der Waals surface area contributed by atoms with Crippen LogP contribution in [0.4, 0.5) is 0 Å². The number of ether oxygens (including phenoxy) is 2. The third-order valence-electron chi connectivity index (χ3n) is 9.75. The van der Waals surface area contributed by atoms with Crippen LogP contribution in [0.1, 0.15) is 168 Å². The van der Waals surface area contributed by atoms with Gasteiger partial charge in [0.25, 0.3) is 0 Å². The summed E-state index contributed by atoms with van der Waals surface area (Å²) >= 11 is 0. The SMILES string of the molecule is CCCCCCCCCC[C@H](O)[C@H](O)CC[C@H](O)[C@H]1CC[C@@H]([C@H](O)CCCCCCCCCC[C@H](O)CC2=C[C@](C)(O)OC2=O)O1. The Morgan fingerprint density at radius 2 is 1.13 bits per heavy atom. The minimum Gasteiger partial charge on any atom is -0.426 e. The van der Waals surface area contributed by atoms with Gasteiger partial charge in [0.1, 0.15) is 0 Å². The van der Waals surface area contributed by atoms with Crippen LogP contribution in [0.5, 0.6) is 0 Å². The molecule has 0 amide bonds. The zero-order chi connectivity index (χ0) is 33.8. The van der Waals surface area contributed by atoms with Gasteiger partial charge >= 0.3 is 5.97 Å². The van der Waals surface area contributed by atoms with E-state index in [-0.39, 0.29) is 18.6 Å². The quantitative estimate of drug-likeness (QED) is 0.0431. The van der Waals surface area contributed by atoms with Crippen LogP contribution in [0.15, 0.2) is 11.6 Å². The van der Waals surface area contributed by atoms with E-state index >= 15 is 0 Å². The molecule has 2 aliphatic rings. The van der Waals surface area contributed by atoms with Crippen molar-refractivity contribution in [3.05, 3.63) is 11.6 Å². The van der Waals surface area contributed by atoms with E-state index in [4.69, 9.17) is 9.47 Å². The van der Waals surface area contributed by atoms with Gasteiger partial charge in [-0.05, 0) is 51.0 Å². The third-order valence-corrected chi connectivity index (χ3v) is 9.75. The highest BCUT2D eigenvalue weighted by Crippen LogP contribution is 2.29. The number of carbonyl (C=O) groups is 1. The van der Waals surface area contributed by atoms with Crippen LogP contribution in [0.2, 0.25) is 0 Å². The number of unbranched alkanes of at least 4 members (excludes halogenated alkanes) is 14. The molecule has 0 unspecified atom stereocenters. The highest BCUT2D eigenvalue weighted by molar-refractivity contribution is 5.91. The largest absolute Gasteiger partial charge is 0.426 e. The van der Waals surface area contributed by atoms with Crippen LogP contribution in [0, 0.1) is 0 Å². The highest BCUT2D eigenvalue weighted by Gasteiger charge is 2.35. The lowest BCUT2D eigenvalue weighted by molar-refractivity contribution is -0.173. The van der Waals surface area contributed by atoms with Crippen molar-refractivity contribution in [3.63, 3.8) is 0 Å². The first-order valence-electron chi connectivity index (χ1n) is 18.8. The van der Waals surface area contributed by atoms with Crippen LogP contribution < -0.4 is 0 Å². The van der Waals surface area contributed by atoms with Crippen LogP contribution in [-0.2, 0) is 14.3 Å². The molecule has 270 valence electrons. The van der Waals surface area contributed by atoms with E-state index in [1.807, 2.05) is 0 Å². The Kier molecular flexibility index (Phi) is 20.8. The molecule has 2 aliphatic heterocycles. The second kappa shape index (κ2) is 23.3. The summed E-state index contributed by atoms with van der Waals surface area (Å²) < 4.78 is 10.8. The Labute approximate surface area is 278 Å². The molecule has 0 bridgehead atoms. The van der Waals surface area contributed by atoms with Crippen molar-refractivity contribution < 1.29 is 44.9 Å². The molecule has 6 N–H and O–H groups in total. The number of aliphatic hydroxyl groups excluding tert-OH is 5. The molecule has 0 saturated carbocycles. The van der Waals surface area contributed by atoms with Crippen molar-refractivity contribution in [2.45, 2.75) is 216 Å². The second-order valence-corrected chi connectivity index (χ2v) is 14.3. The highest BCUT2D eigenvalue weighted by atomic mass is 16.7. The number of rotatable bonds is 28. The minimum atomic E-state index is -1.56. The number of hydrogen-bond donors (Lipinski definition) is 6. The molecule has 0 aromatic heterocycles. The summed E-state index contributed by atoms with van der Waals surface area (Å²) in [5, 5.41) is 61.9. The lowest BCUT2D eigenvalue weighted by Gasteiger charge is -2.24. The summed E-state index contributed by atoms with van der Waals surface area (Å²) in [7, 11) is 0. The van der Waals surface area contributed by atoms with E-state index < -0.39 is 42.3 Å². The van der Waals surface area contributed by atoms with Gasteiger partial charge in [-0.2, -0.15) is 0 Å². The smallest absolute Gasteiger partial charge is 0.336 e. The molecule has 2 rings (SSSR count). The average Bonchev–Trinajstić information content (AvgIpc) is 3.61. The van der Waals surface area contributed by atoms with Gasteiger partial charge in [0.05, 0.1) is 42.7 Å². The topological polar surface area (TPSA) is 157 Å². The number of aliphatic hydroxyl groups is 6. The normalized spacial score (nSPS) is 24.9. The Morgan fingerprint density at radius 1 is 0.674 bits per heavy atom. The van der Waals surface area contributed by atoms with E-state index in [2.05, 4.69) is 6.92 Å². The zero-order valence-electron chi connectivity index (χ0n) is 29.0. The van der Waals surface area contributed by atoms with Crippen molar-refractivity contribution in [2.24, 2.45) is 0 Å². The predicted octanol–water partition coefficient (Wildman–Crippen LogP) is 6.13. The molecule has 1 fully saturated rings. The van der Waals surface area contributed by atoms with Crippen molar-refractivity contribution in [2.75, 3.05) is 0 Å². The van der Waals surface area contributed by atoms with E-state index in [1.54, 1.807) is 0 Å². The molecule has 9 heteroatoms. The first kappa shape index (κ1) is 41.1. The van der Waals surface area contributed by atoms with E-state index in [1.165, 1.54) is 51.5 Å². The van der Waals surface area contributed by atoms with Gasteiger partial charge in [0.15, 0.2) is 0 Å². The molecule has 8 atom stereocenters. The van der Waals surface area contributed by atoms with Gasteiger partial charge in [-0.3, -0.25) is 0 Å². The Morgan fingerprint density at radius 3 is 1.65 bits per heavy atom. The maximum Gasteiger partial charge on any atom is 0.336 e. The summed E-state index contributed by atoms with van der Waals surface area (Å²) in [6.45, 7) is 3.62. The number of cyclic esters (lactones) is 1. The predicted molar refractivity (Wildman–Crippen MR) is 180 cm³/mol.